The normalized spacial score (nSPS) is 15.3. The Labute approximate surface area is 165 Å². The molecule has 1 saturated heterocycles. The van der Waals surface area contributed by atoms with Crippen LogP contribution in [0.15, 0.2) is 48.5 Å². The van der Waals surface area contributed by atoms with Crippen LogP contribution < -0.4 is 15.4 Å². The average Bonchev–Trinajstić information content (AvgIpc) is 2.70. The fourth-order valence-corrected chi connectivity index (χ4v) is 3.47. The van der Waals surface area contributed by atoms with Gasteiger partial charge in [-0.25, -0.2) is 4.79 Å². The lowest BCUT2D eigenvalue weighted by atomic mass is 10.0. The maximum Gasteiger partial charge on any atom is 0.315 e. The monoisotopic (exact) mass is 387 g/mol. The molecule has 1 heterocycles. The third-order valence-corrected chi connectivity index (χ3v) is 5.13. The molecule has 2 N–H and O–H groups in total. The summed E-state index contributed by atoms with van der Waals surface area (Å²) in [7, 11) is 1.64. The summed E-state index contributed by atoms with van der Waals surface area (Å²) in [6.45, 7) is 3.31. The number of hydrogen-bond acceptors (Lipinski definition) is 3. The van der Waals surface area contributed by atoms with Crippen LogP contribution in [0, 0.1) is 0 Å². The number of halogens is 1. The van der Waals surface area contributed by atoms with E-state index in [2.05, 4.69) is 27.7 Å². The largest absolute Gasteiger partial charge is 0.496 e. The molecule has 0 unspecified atom stereocenters. The van der Waals surface area contributed by atoms with Gasteiger partial charge in [0.15, 0.2) is 0 Å². The molecule has 3 rings (SSSR count). The third-order valence-electron chi connectivity index (χ3n) is 4.87. The maximum atomic E-state index is 12.2. The Kier molecular flexibility index (Phi) is 6.96. The number of nitrogens with zero attached hydrogens (tertiary/aromatic N) is 1. The van der Waals surface area contributed by atoms with E-state index in [1.807, 2.05) is 36.4 Å². The lowest BCUT2D eigenvalue weighted by molar-refractivity contribution is 0.186. The van der Waals surface area contributed by atoms with Crippen LogP contribution in [0.1, 0.15) is 24.0 Å². The number of para-hydroxylation sites is 1. The van der Waals surface area contributed by atoms with Crippen LogP contribution in [-0.2, 0) is 13.1 Å². The molecule has 0 saturated carbocycles. The van der Waals surface area contributed by atoms with Gasteiger partial charge in [0.25, 0.3) is 0 Å². The first-order valence-corrected chi connectivity index (χ1v) is 9.65. The predicted molar refractivity (Wildman–Crippen MR) is 108 cm³/mol. The first-order valence-electron chi connectivity index (χ1n) is 9.27. The first-order chi connectivity index (χ1) is 13.1. The van der Waals surface area contributed by atoms with Crippen LogP contribution in [0.5, 0.6) is 5.75 Å². The molecule has 0 spiro atoms. The Morgan fingerprint density at radius 1 is 1.15 bits per heavy atom. The zero-order valence-corrected chi connectivity index (χ0v) is 16.3. The Morgan fingerprint density at radius 2 is 1.85 bits per heavy atom. The van der Waals surface area contributed by atoms with Crippen molar-refractivity contribution in [1.82, 2.24) is 15.5 Å². The van der Waals surface area contributed by atoms with E-state index in [0.29, 0.717) is 6.54 Å². The van der Waals surface area contributed by atoms with E-state index in [4.69, 9.17) is 16.3 Å². The molecule has 1 aliphatic heterocycles. The number of carbonyl (C=O) groups is 1. The molecule has 5 nitrogen and oxygen atoms in total. The second kappa shape index (κ2) is 9.62. The van der Waals surface area contributed by atoms with Crippen molar-refractivity contribution in [2.45, 2.75) is 32.0 Å². The number of ether oxygens (including phenoxy) is 1. The summed E-state index contributed by atoms with van der Waals surface area (Å²) in [6, 6.07) is 15.8. The first kappa shape index (κ1) is 19.5. The summed E-state index contributed by atoms with van der Waals surface area (Å²) >= 11 is 5.94. The van der Waals surface area contributed by atoms with Crippen molar-refractivity contribution in [2.24, 2.45) is 0 Å². The van der Waals surface area contributed by atoms with Crippen molar-refractivity contribution >= 4 is 17.6 Å². The number of urea groups is 1. The summed E-state index contributed by atoms with van der Waals surface area (Å²) in [5.41, 5.74) is 2.23. The van der Waals surface area contributed by atoms with Crippen molar-refractivity contribution in [1.29, 1.82) is 0 Å². The van der Waals surface area contributed by atoms with Gasteiger partial charge >= 0.3 is 6.03 Å². The zero-order chi connectivity index (χ0) is 19.1. The van der Waals surface area contributed by atoms with Crippen LogP contribution in [0.4, 0.5) is 4.79 Å². The topological polar surface area (TPSA) is 53.6 Å². The number of nitrogens with one attached hydrogen (secondary N) is 2. The smallest absolute Gasteiger partial charge is 0.315 e. The van der Waals surface area contributed by atoms with E-state index in [1.165, 1.54) is 5.56 Å². The number of hydrogen-bond donors (Lipinski definition) is 2. The average molecular weight is 388 g/mol. The Bertz CT molecular complexity index is 743. The number of carbonyl (C=O) groups excluding carboxylic acids is 1. The van der Waals surface area contributed by atoms with Gasteiger partial charge in [0.05, 0.1) is 7.11 Å². The van der Waals surface area contributed by atoms with Gasteiger partial charge in [0.2, 0.25) is 0 Å². The van der Waals surface area contributed by atoms with Crippen LogP contribution in [0.3, 0.4) is 0 Å². The zero-order valence-electron chi connectivity index (χ0n) is 15.6. The van der Waals surface area contributed by atoms with Gasteiger partial charge in [-0.15, -0.1) is 0 Å². The number of amides is 2. The Hall–Kier alpha value is -2.24. The molecule has 6 heteroatoms. The molecule has 144 valence electrons. The summed E-state index contributed by atoms with van der Waals surface area (Å²) < 4.78 is 5.31. The minimum Gasteiger partial charge on any atom is -0.496 e. The highest BCUT2D eigenvalue weighted by Crippen LogP contribution is 2.17. The predicted octanol–water partition coefficient (Wildman–Crippen LogP) is 3.81. The van der Waals surface area contributed by atoms with Gasteiger partial charge in [-0.2, -0.15) is 0 Å². The van der Waals surface area contributed by atoms with Crippen molar-refractivity contribution in [3.05, 3.63) is 64.7 Å². The molecule has 0 bridgehead atoms. The molecule has 2 aromatic carbocycles. The number of benzene rings is 2. The molecule has 1 fully saturated rings. The molecule has 2 aromatic rings. The molecule has 27 heavy (non-hydrogen) atoms. The molecule has 0 radical (unpaired) electrons. The minimum absolute atomic E-state index is 0.128. The van der Waals surface area contributed by atoms with Crippen LogP contribution in [-0.4, -0.2) is 37.2 Å². The molecular weight excluding hydrogens is 362 g/mol. The standard InChI is InChI=1S/C21H26ClN3O2/c1-27-20-5-3-2-4-17(20)14-23-21(26)24-19-10-12-25(13-11-19)15-16-6-8-18(22)9-7-16/h2-9,19H,10-15H2,1H3,(H2,23,24,26). The van der Waals surface area contributed by atoms with Gasteiger partial charge in [-0.1, -0.05) is 41.9 Å². The van der Waals surface area contributed by atoms with Gasteiger partial charge in [0.1, 0.15) is 5.75 Å². The van der Waals surface area contributed by atoms with Gasteiger partial charge < -0.3 is 15.4 Å². The highest BCUT2D eigenvalue weighted by molar-refractivity contribution is 6.30. The fraction of sp³-hybridized carbons (Fsp3) is 0.381. The summed E-state index contributed by atoms with van der Waals surface area (Å²) in [4.78, 5) is 14.6. The van der Waals surface area contributed by atoms with Crippen molar-refractivity contribution in [3.63, 3.8) is 0 Å². The summed E-state index contributed by atoms with van der Waals surface area (Å²) in [5, 5.41) is 6.77. The SMILES string of the molecule is COc1ccccc1CNC(=O)NC1CCN(Cc2ccc(Cl)cc2)CC1. The maximum absolute atomic E-state index is 12.2. The molecular formula is C21H26ClN3O2. The number of likely N-dealkylation sites (tertiary alicyclic amines) is 1. The van der Waals surface area contributed by atoms with E-state index >= 15 is 0 Å². The van der Waals surface area contributed by atoms with E-state index < -0.39 is 0 Å². The third kappa shape index (κ3) is 5.88. The summed E-state index contributed by atoms with van der Waals surface area (Å²) in [6.07, 6.45) is 1.91. The van der Waals surface area contributed by atoms with E-state index in [-0.39, 0.29) is 12.1 Å². The van der Waals surface area contributed by atoms with Gasteiger partial charge in [-0.3, -0.25) is 4.90 Å². The van der Waals surface area contributed by atoms with Crippen LogP contribution in [0.25, 0.3) is 0 Å². The molecule has 1 aliphatic rings. The fourth-order valence-electron chi connectivity index (χ4n) is 3.34. The van der Waals surface area contributed by atoms with Crippen molar-refractivity contribution in [3.8, 4) is 5.75 Å². The van der Waals surface area contributed by atoms with Gasteiger partial charge in [-0.05, 0) is 36.6 Å². The van der Waals surface area contributed by atoms with Crippen LogP contribution >= 0.6 is 11.6 Å². The quantitative estimate of drug-likeness (QED) is 0.792. The summed E-state index contributed by atoms with van der Waals surface area (Å²) in [5.74, 6) is 0.785. The lowest BCUT2D eigenvalue weighted by Gasteiger charge is -2.32. The number of methoxy groups -OCH3 is 1. The van der Waals surface area contributed by atoms with Crippen molar-refractivity contribution < 1.29 is 9.53 Å². The Morgan fingerprint density at radius 3 is 2.56 bits per heavy atom. The number of rotatable bonds is 6. The highest BCUT2D eigenvalue weighted by atomic mass is 35.5. The minimum atomic E-state index is -0.128. The second-order valence-corrected chi connectivity index (χ2v) is 7.25. The van der Waals surface area contributed by atoms with Crippen LogP contribution in [0.2, 0.25) is 5.02 Å². The van der Waals surface area contributed by atoms with E-state index in [1.54, 1.807) is 7.11 Å². The lowest BCUT2D eigenvalue weighted by Crippen LogP contribution is -2.47. The van der Waals surface area contributed by atoms with Gasteiger partial charge in [0, 0.05) is 42.8 Å². The van der Waals surface area contributed by atoms with E-state index in [9.17, 15) is 4.79 Å². The molecule has 0 aromatic heterocycles. The van der Waals surface area contributed by atoms with E-state index in [0.717, 1.165) is 48.8 Å². The molecule has 2 amide bonds. The molecule has 0 atom stereocenters. The van der Waals surface area contributed by atoms with Crippen molar-refractivity contribution in [2.75, 3.05) is 20.2 Å². The highest BCUT2D eigenvalue weighted by Gasteiger charge is 2.20. The number of piperidine rings is 1. The Balaban J connectivity index is 1.39. The molecule has 0 aliphatic carbocycles. The second-order valence-electron chi connectivity index (χ2n) is 6.82.